The number of carboxylic acid groups (broad SMARTS) is 1. The van der Waals surface area contributed by atoms with Crippen molar-refractivity contribution in [3.63, 3.8) is 0 Å². The van der Waals surface area contributed by atoms with Gasteiger partial charge in [-0.25, -0.2) is 0 Å². The number of aromatic carboxylic acids is 1. The Hall–Kier alpha value is -0.687. The normalized spacial score (nSPS) is 8.00. The van der Waals surface area contributed by atoms with Gasteiger partial charge in [0.05, 0.1) is 0 Å². The van der Waals surface area contributed by atoms with E-state index in [0.29, 0.717) is 5.56 Å². The summed E-state index contributed by atoms with van der Waals surface area (Å²) < 4.78 is 0. The Morgan fingerprint density at radius 3 is 2.00 bits per heavy atom. The maximum absolute atomic E-state index is 8.50. The van der Waals surface area contributed by atoms with Gasteiger partial charge < -0.3 is 9.90 Å². The van der Waals surface area contributed by atoms with E-state index in [1.54, 1.807) is 24.3 Å². The largest absolute Gasteiger partial charge is 0.515 e. The fourth-order valence-corrected chi connectivity index (χ4v) is 0.587. The van der Waals surface area contributed by atoms with Gasteiger partial charge in [-0.15, -0.1) is 0 Å². The average molecular weight is 189 g/mol. The molecule has 0 aliphatic rings. The fraction of sp³-hybridized carbons (Fsp3) is 0. The van der Waals surface area contributed by atoms with Crippen LogP contribution in [0, 0.1) is 0 Å². The van der Waals surface area contributed by atoms with Crippen molar-refractivity contribution in [2.45, 2.75) is 0 Å². The van der Waals surface area contributed by atoms with Crippen LogP contribution in [-0.2, 0) is 19.5 Å². The standard InChI is InChI=1S/C7H6O2.Zn/c8-7(9)6-4-2-1-3-5-6;/h1-5H,(H,8,9);/p+1. The monoisotopic (exact) mass is 187 g/mol. The Morgan fingerprint density at radius 2 is 1.70 bits per heavy atom. The Morgan fingerprint density at radius 1 is 1.20 bits per heavy atom. The first-order valence-electron chi connectivity index (χ1n) is 2.61. The van der Waals surface area contributed by atoms with E-state index in [1.165, 1.54) is 0 Å². The van der Waals surface area contributed by atoms with E-state index in [4.69, 9.17) is 9.90 Å². The quantitative estimate of drug-likeness (QED) is 0.520. The van der Waals surface area contributed by atoms with Gasteiger partial charge >= 0.3 is 5.97 Å². The van der Waals surface area contributed by atoms with E-state index in [9.17, 15) is 0 Å². The Balaban J connectivity index is 0.000000810. The van der Waals surface area contributed by atoms with Gasteiger partial charge in [0.15, 0.2) is 0 Å². The molecule has 1 aromatic carbocycles. The molecule has 0 amide bonds. The molecule has 0 atom stereocenters. The van der Waals surface area contributed by atoms with E-state index in [0.717, 1.165) is 0 Å². The number of aliphatic hydroxyl groups excluding tert-OH is 1. The van der Waals surface area contributed by atoms with Crippen LogP contribution in [0.25, 0.3) is 0 Å². The molecule has 0 saturated carbocycles. The first-order valence-corrected chi connectivity index (χ1v) is 2.61. The molecule has 0 saturated heterocycles. The van der Waals surface area contributed by atoms with Crippen LogP contribution in [0.4, 0.5) is 0 Å². The molecule has 0 bridgehead atoms. The summed E-state index contributed by atoms with van der Waals surface area (Å²) in [5.41, 5.74) is 0.442. The second-order valence-electron chi connectivity index (χ2n) is 1.69. The van der Waals surface area contributed by atoms with Crippen LogP contribution in [-0.4, -0.2) is 15.9 Å². The van der Waals surface area contributed by atoms with Crippen molar-refractivity contribution in [1.29, 1.82) is 0 Å². The molecule has 0 aliphatic carbocycles. The summed E-state index contributed by atoms with van der Waals surface area (Å²) in [6.07, 6.45) is 0. The second-order valence-corrected chi connectivity index (χ2v) is 1.69. The van der Waals surface area contributed by atoms with Gasteiger partial charge in [0.1, 0.15) is 5.56 Å². The maximum Gasteiger partial charge on any atom is 0.515 e. The topological polar surface area (TPSA) is 41.6 Å². The van der Waals surface area contributed by atoms with Crippen LogP contribution in [0.2, 0.25) is 0 Å². The third-order valence-corrected chi connectivity index (χ3v) is 1.03. The third-order valence-electron chi connectivity index (χ3n) is 1.03. The Kier molecular flexibility index (Phi) is 3.89. The summed E-state index contributed by atoms with van der Waals surface area (Å²) in [6.45, 7) is 0. The van der Waals surface area contributed by atoms with Crippen LogP contribution in [0.3, 0.4) is 0 Å². The molecule has 0 fully saturated rings. The van der Waals surface area contributed by atoms with E-state index in [2.05, 4.69) is 0 Å². The van der Waals surface area contributed by atoms with Crippen molar-refractivity contribution < 1.29 is 29.4 Å². The van der Waals surface area contributed by atoms with Gasteiger partial charge in [-0.1, -0.05) is 18.2 Å². The summed E-state index contributed by atoms with van der Waals surface area (Å²) in [6, 6.07) is 8.53. The molecule has 10 heavy (non-hydrogen) atoms. The summed E-state index contributed by atoms with van der Waals surface area (Å²) in [5.74, 6) is -0.629. The molecule has 1 aromatic rings. The molecule has 1 rings (SSSR count). The van der Waals surface area contributed by atoms with E-state index in [1.807, 2.05) is 6.07 Å². The van der Waals surface area contributed by atoms with Crippen LogP contribution in [0.15, 0.2) is 30.3 Å². The van der Waals surface area contributed by atoms with Gasteiger partial charge in [-0.05, 0) is 12.1 Å². The second kappa shape index (κ2) is 4.18. The maximum atomic E-state index is 8.50. The van der Waals surface area contributed by atoms with Gasteiger partial charge in [-0.2, -0.15) is 0 Å². The van der Waals surface area contributed by atoms with Crippen molar-refractivity contribution in [3.05, 3.63) is 35.9 Å². The number of benzene rings is 1. The first-order chi connectivity index (χ1) is 4.30. The Bertz CT molecular complexity index is 208. The smallest absolute Gasteiger partial charge is 0.335 e. The number of hydrogen-bond donors (Lipinski definition) is 1. The molecule has 0 radical (unpaired) electrons. The average Bonchev–Trinajstić information content (AvgIpc) is 1.90. The fourth-order valence-electron chi connectivity index (χ4n) is 0.587. The van der Waals surface area contributed by atoms with Crippen LogP contribution >= 0.6 is 0 Å². The minimum atomic E-state index is -0.629. The minimum Gasteiger partial charge on any atom is -0.335 e. The number of hydrogen-bond acceptors (Lipinski definition) is 0. The summed E-state index contributed by atoms with van der Waals surface area (Å²) >= 11 is 0. The molecule has 0 aromatic heterocycles. The number of carboxylic acids is 1. The van der Waals surface area contributed by atoms with Crippen LogP contribution in [0.5, 0.6) is 0 Å². The molecule has 2 N–H and O–H groups in total. The van der Waals surface area contributed by atoms with Crippen LogP contribution in [0.1, 0.15) is 5.56 Å². The molecule has 0 aliphatic heterocycles. The molecule has 0 heterocycles. The molecule has 2 nitrogen and oxygen atoms in total. The predicted octanol–water partition coefficient (Wildman–Crippen LogP) is 1.09. The zero-order chi connectivity index (χ0) is 6.69. The molecular formula is C7H7O2Zn+. The molecule has 3 heteroatoms. The molecule has 0 unspecified atom stereocenters. The van der Waals surface area contributed by atoms with E-state index in [-0.39, 0.29) is 19.5 Å². The SMILES string of the molecule is OC(=[OH+])c1ccccc1.[Zn]. The van der Waals surface area contributed by atoms with Crippen molar-refractivity contribution in [2.24, 2.45) is 0 Å². The zero-order valence-corrected chi connectivity index (χ0v) is 8.46. The van der Waals surface area contributed by atoms with Crippen molar-refractivity contribution in [1.82, 2.24) is 0 Å². The van der Waals surface area contributed by atoms with Crippen molar-refractivity contribution in [3.8, 4) is 0 Å². The third kappa shape index (κ3) is 2.28. The number of rotatable bonds is 1. The summed E-state index contributed by atoms with van der Waals surface area (Å²) in [4.78, 5) is 8.50. The van der Waals surface area contributed by atoms with Crippen LogP contribution < -0.4 is 0 Å². The molecule has 48 valence electrons. The minimum absolute atomic E-state index is 0. The first kappa shape index (κ1) is 9.31. The summed E-state index contributed by atoms with van der Waals surface area (Å²) in [7, 11) is 0. The predicted molar refractivity (Wildman–Crippen MR) is 35.1 cm³/mol. The summed E-state index contributed by atoms with van der Waals surface area (Å²) in [5, 5.41) is 8.50. The Labute approximate surface area is 71.6 Å². The zero-order valence-electron chi connectivity index (χ0n) is 5.49. The van der Waals surface area contributed by atoms with Crippen molar-refractivity contribution >= 4 is 5.97 Å². The van der Waals surface area contributed by atoms with E-state index >= 15 is 0 Å². The van der Waals surface area contributed by atoms with E-state index < -0.39 is 5.97 Å². The van der Waals surface area contributed by atoms with Gasteiger partial charge in [0.25, 0.3) is 0 Å². The van der Waals surface area contributed by atoms with Crippen molar-refractivity contribution in [2.75, 3.05) is 0 Å². The molecule has 0 spiro atoms. The van der Waals surface area contributed by atoms with Gasteiger partial charge in [-0.3, -0.25) is 0 Å². The van der Waals surface area contributed by atoms with Gasteiger partial charge in [0, 0.05) is 19.5 Å². The van der Waals surface area contributed by atoms with Gasteiger partial charge in [0.2, 0.25) is 0 Å². The molecular weight excluding hydrogens is 181 g/mol.